The lowest BCUT2D eigenvalue weighted by Gasteiger charge is -2.19. The van der Waals surface area contributed by atoms with Crippen LogP contribution in [0.2, 0.25) is 0 Å². The van der Waals surface area contributed by atoms with Crippen LogP contribution in [0.5, 0.6) is 0 Å². The Kier molecular flexibility index (Phi) is 3.93. The van der Waals surface area contributed by atoms with Crippen molar-refractivity contribution in [2.24, 2.45) is 17.6 Å². The van der Waals surface area contributed by atoms with E-state index in [1.165, 1.54) is 6.07 Å². The molecule has 0 bridgehead atoms. The van der Waals surface area contributed by atoms with E-state index in [2.05, 4.69) is 5.32 Å². The van der Waals surface area contributed by atoms with E-state index in [1.54, 1.807) is 6.07 Å². The highest BCUT2D eigenvalue weighted by Crippen LogP contribution is 2.48. The summed E-state index contributed by atoms with van der Waals surface area (Å²) in [5.41, 5.74) is 6.02. The molecule has 21 heavy (non-hydrogen) atoms. The number of rotatable bonds is 4. The second-order valence-electron chi connectivity index (χ2n) is 6.13. The molecule has 0 aromatic heterocycles. The zero-order valence-corrected chi connectivity index (χ0v) is 11.8. The highest BCUT2D eigenvalue weighted by Gasteiger charge is 2.46. The van der Waals surface area contributed by atoms with Gasteiger partial charge >= 0.3 is 0 Å². The summed E-state index contributed by atoms with van der Waals surface area (Å²) in [5.74, 6) is -1.80. The van der Waals surface area contributed by atoms with Gasteiger partial charge in [-0.3, -0.25) is 4.79 Å². The summed E-state index contributed by atoms with van der Waals surface area (Å²) in [5, 5.41) is 3.04. The fraction of sp³-hybridized carbons (Fsp3) is 0.562. The van der Waals surface area contributed by atoms with Crippen molar-refractivity contribution in [1.82, 2.24) is 5.32 Å². The first kappa shape index (κ1) is 14.4. The molecule has 3 rings (SSSR count). The molecule has 3 nitrogen and oxygen atoms in total. The molecule has 1 aromatic rings. The van der Waals surface area contributed by atoms with Crippen LogP contribution in [0.4, 0.5) is 8.78 Å². The molecule has 2 fully saturated rings. The van der Waals surface area contributed by atoms with Gasteiger partial charge in [0.05, 0.1) is 0 Å². The Hall–Kier alpha value is -1.49. The molecule has 1 amide bonds. The maximum Gasteiger partial charge on any atom is 0.223 e. The molecule has 2 saturated carbocycles. The standard InChI is InChI=1S/C16H20F2N2O/c17-13-5-2-4-10(15(13)18)11-7-12(11)16(21)20-14-6-1-3-9(14)8-19/h2,4-5,9,11-12,14H,1,3,6-8,19H2,(H,20,21). The molecule has 0 radical (unpaired) electrons. The first-order valence-electron chi connectivity index (χ1n) is 7.56. The number of amides is 1. The molecule has 0 heterocycles. The van der Waals surface area contributed by atoms with Crippen LogP contribution in [0.3, 0.4) is 0 Å². The van der Waals surface area contributed by atoms with Crippen LogP contribution < -0.4 is 11.1 Å². The van der Waals surface area contributed by atoms with E-state index in [0.717, 1.165) is 25.3 Å². The zero-order chi connectivity index (χ0) is 15.0. The minimum absolute atomic E-state index is 0.0472. The molecule has 0 aliphatic heterocycles. The van der Waals surface area contributed by atoms with Crippen LogP contribution in [0, 0.1) is 23.5 Å². The molecule has 0 saturated heterocycles. The number of hydrogen-bond donors (Lipinski definition) is 2. The summed E-state index contributed by atoms with van der Waals surface area (Å²) >= 11 is 0. The topological polar surface area (TPSA) is 55.1 Å². The van der Waals surface area contributed by atoms with Gasteiger partial charge in [-0.2, -0.15) is 0 Å². The van der Waals surface area contributed by atoms with Crippen molar-refractivity contribution in [2.75, 3.05) is 6.54 Å². The fourth-order valence-electron chi connectivity index (χ4n) is 3.43. The summed E-state index contributed by atoms with van der Waals surface area (Å²) in [6.07, 6.45) is 3.68. The van der Waals surface area contributed by atoms with E-state index in [-0.39, 0.29) is 23.8 Å². The van der Waals surface area contributed by atoms with Gasteiger partial charge in [0, 0.05) is 12.0 Å². The van der Waals surface area contributed by atoms with Crippen molar-refractivity contribution in [3.63, 3.8) is 0 Å². The molecule has 5 heteroatoms. The van der Waals surface area contributed by atoms with Gasteiger partial charge in [0.2, 0.25) is 5.91 Å². The van der Waals surface area contributed by atoms with E-state index in [0.29, 0.717) is 24.4 Å². The van der Waals surface area contributed by atoms with Gasteiger partial charge < -0.3 is 11.1 Å². The molecular weight excluding hydrogens is 274 g/mol. The van der Waals surface area contributed by atoms with Gasteiger partial charge in [0.15, 0.2) is 11.6 Å². The van der Waals surface area contributed by atoms with Crippen LogP contribution in [0.25, 0.3) is 0 Å². The third kappa shape index (κ3) is 2.79. The smallest absolute Gasteiger partial charge is 0.223 e. The van der Waals surface area contributed by atoms with Crippen molar-refractivity contribution in [1.29, 1.82) is 0 Å². The maximum absolute atomic E-state index is 13.7. The molecule has 3 N–H and O–H groups in total. The molecule has 0 spiro atoms. The van der Waals surface area contributed by atoms with Crippen LogP contribution in [-0.4, -0.2) is 18.5 Å². The van der Waals surface area contributed by atoms with E-state index in [9.17, 15) is 13.6 Å². The van der Waals surface area contributed by atoms with Gasteiger partial charge in [-0.05, 0) is 49.3 Å². The summed E-state index contributed by atoms with van der Waals surface area (Å²) in [6.45, 7) is 0.581. The lowest BCUT2D eigenvalue weighted by Crippen LogP contribution is -2.40. The van der Waals surface area contributed by atoms with Crippen LogP contribution in [-0.2, 0) is 4.79 Å². The number of benzene rings is 1. The van der Waals surface area contributed by atoms with Crippen LogP contribution in [0.1, 0.15) is 37.2 Å². The van der Waals surface area contributed by atoms with E-state index < -0.39 is 11.6 Å². The van der Waals surface area contributed by atoms with E-state index in [4.69, 9.17) is 5.73 Å². The van der Waals surface area contributed by atoms with Crippen molar-refractivity contribution < 1.29 is 13.6 Å². The molecule has 114 valence electrons. The quantitative estimate of drug-likeness (QED) is 0.895. The third-order valence-electron chi connectivity index (χ3n) is 4.80. The van der Waals surface area contributed by atoms with Gasteiger partial charge in [0.1, 0.15) is 0 Å². The second-order valence-corrected chi connectivity index (χ2v) is 6.13. The molecular formula is C16H20F2N2O. The van der Waals surface area contributed by atoms with Gasteiger partial charge in [-0.15, -0.1) is 0 Å². The maximum atomic E-state index is 13.7. The summed E-state index contributed by atoms with van der Waals surface area (Å²) in [7, 11) is 0. The number of carbonyl (C=O) groups is 1. The summed E-state index contributed by atoms with van der Waals surface area (Å²) in [4.78, 5) is 12.2. The first-order valence-corrected chi connectivity index (χ1v) is 7.56. The Bertz CT molecular complexity index is 549. The molecule has 2 aliphatic carbocycles. The van der Waals surface area contributed by atoms with Crippen molar-refractivity contribution in [3.05, 3.63) is 35.4 Å². The van der Waals surface area contributed by atoms with Crippen molar-refractivity contribution in [3.8, 4) is 0 Å². The fourth-order valence-corrected chi connectivity index (χ4v) is 3.43. The summed E-state index contributed by atoms with van der Waals surface area (Å²) in [6, 6.07) is 4.29. The van der Waals surface area contributed by atoms with Gasteiger partial charge in [-0.25, -0.2) is 8.78 Å². The first-order chi connectivity index (χ1) is 10.1. The average Bonchev–Trinajstić information content (AvgIpc) is 3.15. The number of carbonyl (C=O) groups excluding carboxylic acids is 1. The Balaban J connectivity index is 1.62. The number of nitrogens with one attached hydrogen (secondary N) is 1. The third-order valence-corrected chi connectivity index (χ3v) is 4.80. The molecule has 4 unspecified atom stereocenters. The van der Waals surface area contributed by atoms with Gasteiger partial charge in [-0.1, -0.05) is 18.6 Å². The SMILES string of the molecule is NCC1CCCC1NC(=O)C1CC1c1cccc(F)c1F. The Morgan fingerprint density at radius 3 is 2.90 bits per heavy atom. The number of hydrogen-bond acceptors (Lipinski definition) is 2. The van der Waals surface area contributed by atoms with E-state index >= 15 is 0 Å². The highest BCUT2D eigenvalue weighted by molar-refractivity contribution is 5.83. The normalized spacial score (nSPS) is 31.2. The van der Waals surface area contributed by atoms with Crippen molar-refractivity contribution in [2.45, 2.75) is 37.6 Å². The second kappa shape index (κ2) is 5.72. The van der Waals surface area contributed by atoms with Crippen LogP contribution >= 0.6 is 0 Å². The number of nitrogens with two attached hydrogens (primary N) is 1. The van der Waals surface area contributed by atoms with Crippen molar-refractivity contribution >= 4 is 5.91 Å². The Morgan fingerprint density at radius 1 is 1.33 bits per heavy atom. The number of halogens is 2. The largest absolute Gasteiger partial charge is 0.353 e. The van der Waals surface area contributed by atoms with E-state index in [1.807, 2.05) is 0 Å². The molecule has 2 aliphatic rings. The monoisotopic (exact) mass is 294 g/mol. The predicted octanol–water partition coefficient (Wildman–Crippen LogP) is 2.31. The van der Waals surface area contributed by atoms with Gasteiger partial charge in [0.25, 0.3) is 0 Å². The minimum Gasteiger partial charge on any atom is -0.353 e. The Labute approximate surface area is 122 Å². The lowest BCUT2D eigenvalue weighted by atomic mass is 10.0. The zero-order valence-electron chi connectivity index (χ0n) is 11.8. The predicted molar refractivity (Wildman–Crippen MR) is 75.5 cm³/mol. The highest BCUT2D eigenvalue weighted by atomic mass is 19.2. The average molecular weight is 294 g/mol. The Morgan fingerprint density at radius 2 is 2.14 bits per heavy atom. The van der Waals surface area contributed by atoms with Crippen LogP contribution in [0.15, 0.2) is 18.2 Å². The molecule has 4 atom stereocenters. The minimum atomic E-state index is -0.849. The summed E-state index contributed by atoms with van der Waals surface area (Å²) < 4.78 is 27.0. The molecule has 1 aromatic carbocycles. The lowest BCUT2D eigenvalue weighted by molar-refractivity contribution is -0.123.